The van der Waals surface area contributed by atoms with Crippen LogP contribution in [0.5, 0.6) is 11.5 Å². The molecule has 0 aromatic heterocycles. The van der Waals surface area contributed by atoms with Crippen LogP contribution in [0.25, 0.3) is 66.1 Å². The molecule has 7 aromatic carbocycles. The average molecular weight is 537 g/mol. The van der Waals surface area contributed by atoms with Gasteiger partial charge in [-0.2, -0.15) is 0 Å². The van der Waals surface area contributed by atoms with Crippen molar-refractivity contribution in [2.24, 2.45) is 0 Å². The quantitative estimate of drug-likeness (QED) is 0.213. The Balaban J connectivity index is 1.24. The second-order valence-corrected chi connectivity index (χ2v) is 12.1. The topological polar surface area (TPSA) is 9.23 Å². The number of benzene rings is 7. The largest absolute Gasteiger partial charge is 0.456 e. The van der Waals surface area contributed by atoms with Crippen molar-refractivity contribution >= 4 is 21.5 Å². The first kappa shape index (κ1) is 23.6. The van der Waals surface area contributed by atoms with Gasteiger partial charge in [0, 0.05) is 16.4 Å². The predicted molar refractivity (Wildman–Crippen MR) is 175 cm³/mol. The third-order valence-corrected chi connectivity index (χ3v) is 9.49. The SMILES string of the molecule is CC1(C)c2cc(-c3ccc4c5c(cccc35)-c3ccccc3O4)ccc2-c2c1ccc1c(-c3ccccc3)cccc21. The third-order valence-electron chi connectivity index (χ3n) is 9.49. The Morgan fingerprint density at radius 1 is 0.429 bits per heavy atom. The molecule has 0 amide bonds. The minimum Gasteiger partial charge on any atom is -0.456 e. The van der Waals surface area contributed by atoms with Gasteiger partial charge in [-0.15, -0.1) is 0 Å². The molecule has 1 aliphatic carbocycles. The fourth-order valence-electron chi connectivity index (χ4n) is 7.46. The zero-order valence-electron chi connectivity index (χ0n) is 23.6. The van der Waals surface area contributed by atoms with E-state index in [4.69, 9.17) is 4.74 Å². The molecule has 0 radical (unpaired) electrons. The van der Waals surface area contributed by atoms with Gasteiger partial charge < -0.3 is 4.74 Å². The fourth-order valence-corrected chi connectivity index (χ4v) is 7.46. The van der Waals surface area contributed by atoms with Crippen LogP contribution in [-0.4, -0.2) is 0 Å². The summed E-state index contributed by atoms with van der Waals surface area (Å²) in [5.74, 6) is 1.85. The molecule has 1 aliphatic heterocycles. The van der Waals surface area contributed by atoms with Crippen LogP contribution in [0, 0.1) is 0 Å². The molecule has 7 aromatic rings. The van der Waals surface area contributed by atoms with Gasteiger partial charge in [0.2, 0.25) is 0 Å². The third kappa shape index (κ3) is 3.14. The minimum atomic E-state index is -0.105. The molecule has 0 N–H and O–H groups in total. The van der Waals surface area contributed by atoms with E-state index >= 15 is 0 Å². The molecule has 198 valence electrons. The van der Waals surface area contributed by atoms with Crippen LogP contribution in [0.15, 0.2) is 133 Å². The summed E-state index contributed by atoms with van der Waals surface area (Å²) in [6.45, 7) is 4.74. The van der Waals surface area contributed by atoms with Crippen LogP contribution in [0.1, 0.15) is 25.0 Å². The summed E-state index contributed by atoms with van der Waals surface area (Å²) in [4.78, 5) is 0. The van der Waals surface area contributed by atoms with Crippen LogP contribution in [0.2, 0.25) is 0 Å². The van der Waals surface area contributed by atoms with Crippen LogP contribution in [0.4, 0.5) is 0 Å². The molecule has 0 atom stereocenters. The Morgan fingerprint density at radius 3 is 2.02 bits per heavy atom. The fraction of sp³-hybridized carbons (Fsp3) is 0.0732. The smallest absolute Gasteiger partial charge is 0.135 e. The first-order chi connectivity index (χ1) is 20.6. The number of rotatable bonds is 2. The van der Waals surface area contributed by atoms with Crippen molar-refractivity contribution in [3.63, 3.8) is 0 Å². The Morgan fingerprint density at radius 2 is 1.14 bits per heavy atom. The maximum absolute atomic E-state index is 6.37. The van der Waals surface area contributed by atoms with Crippen LogP contribution >= 0.6 is 0 Å². The number of ether oxygens (including phenoxy) is 1. The highest BCUT2D eigenvalue weighted by Crippen LogP contribution is 2.54. The number of fused-ring (bicyclic) bond motifs is 7. The maximum atomic E-state index is 6.37. The van der Waals surface area contributed by atoms with Gasteiger partial charge in [-0.25, -0.2) is 0 Å². The summed E-state index contributed by atoms with van der Waals surface area (Å²) in [5.41, 5.74) is 12.8. The van der Waals surface area contributed by atoms with Crippen molar-refractivity contribution in [1.82, 2.24) is 0 Å². The summed E-state index contributed by atoms with van der Waals surface area (Å²) in [5, 5.41) is 5.05. The molecule has 0 spiro atoms. The molecule has 0 saturated heterocycles. The molecule has 42 heavy (non-hydrogen) atoms. The lowest BCUT2D eigenvalue weighted by molar-refractivity contribution is 0.487. The minimum absolute atomic E-state index is 0.105. The van der Waals surface area contributed by atoms with Crippen molar-refractivity contribution in [3.05, 3.63) is 145 Å². The molecule has 1 heteroatoms. The molecule has 1 heterocycles. The Kier molecular flexibility index (Phi) is 4.73. The average Bonchev–Trinajstić information content (AvgIpc) is 3.27. The van der Waals surface area contributed by atoms with Gasteiger partial charge >= 0.3 is 0 Å². The summed E-state index contributed by atoms with van der Waals surface area (Å²) in [7, 11) is 0. The van der Waals surface area contributed by atoms with E-state index in [1.54, 1.807) is 0 Å². The summed E-state index contributed by atoms with van der Waals surface area (Å²) >= 11 is 0. The molecule has 0 fully saturated rings. The van der Waals surface area contributed by atoms with Gasteiger partial charge in [-0.1, -0.05) is 129 Å². The molecule has 0 bridgehead atoms. The Hall–Kier alpha value is -5.14. The molecule has 2 aliphatic rings. The van der Waals surface area contributed by atoms with Crippen molar-refractivity contribution in [1.29, 1.82) is 0 Å². The highest BCUT2D eigenvalue weighted by molar-refractivity contribution is 6.11. The van der Waals surface area contributed by atoms with E-state index in [1.165, 1.54) is 71.6 Å². The van der Waals surface area contributed by atoms with E-state index in [2.05, 4.69) is 141 Å². The maximum Gasteiger partial charge on any atom is 0.135 e. The highest BCUT2D eigenvalue weighted by Gasteiger charge is 2.37. The lowest BCUT2D eigenvalue weighted by Gasteiger charge is -2.24. The van der Waals surface area contributed by atoms with Crippen LogP contribution in [-0.2, 0) is 5.41 Å². The molecule has 9 rings (SSSR count). The van der Waals surface area contributed by atoms with E-state index < -0.39 is 0 Å². The lowest BCUT2D eigenvalue weighted by Crippen LogP contribution is -2.15. The van der Waals surface area contributed by atoms with Gasteiger partial charge in [0.05, 0.1) is 0 Å². The van der Waals surface area contributed by atoms with Gasteiger partial charge in [0.15, 0.2) is 0 Å². The number of hydrogen-bond donors (Lipinski definition) is 0. The number of para-hydroxylation sites is 1. The standard InChI is InChI=1S/C41H28O/c1-41(2)35-22-20-29-27(25-10-4-3-5-11-25)13-8-15-32(29)39(35)34-19-18-26(24-36(34)41)28-21-23-38-40-31(28)14-9-16-33(40)30-12-6-7-17-37(30)42-38/h3-24H,1-2H3. The summed E-state index contributed by atoms with van der Waals surface area (Å²) in [6, 6.07) is 48.6. The number of hydrogen-bond acceptors (Lipinski definition) is 1. The lowest BCUT2D eigenvalue weighted by atomic mass is 9.80. The summed E-state index contributed by atoms with van der Waals surface area (Å²) < 4.78 is 6.37. The van der Waals surface area contributed by atoms with E-state index in [0.717, 1.165) is 17.1 Å². The van der Waals surface area contributed by atoms with Gasteiger partial charge in [-0.3, -0.25) is 0 Å². The van der Waals surface area contributed by atoms with E-state index in [1.807, 2.05) is 6.07 Å². The van der Waals surface area contributed by atoms with Crippen LogP contribution < -0.4 is 4.74 Å². The molecule has 0 unspecified atom stereocenters. The second kappa shape index (κ2) is 8.44. The highest BCUT2D eigenvalue weighted by atomic mass is 16.5. The zero-order valence-corrected chi connectivity index (χ0v) is 23.6. The summed E-state index contributed by atoms with van der Waals surface area (Å²) in [6.07, 6.45) is 0. The van der Waals surface area contributed by atoms with E-state index in [9.17, 15) is 0 Å². The van der Waals surface area contributed by atoms with Crippen molar-refractivity contribution in [3.8, 4) is 56.0 Å². The van der Waals surface area contributed by atoms with Gasteiger partial charge in [-0.05, 0) is 84.4 Å². The van der Waals surface area contributed by atoms with E-state index in [-0.39, 0.29) is 5.41 Å². The first-order valence-corrected chi connectivity index (χ1v) is 14.7. The molecule has 0 saturated carbocycles. The Labute approximate surface area is 245 Å². The monoisotopic (exact) mass is 536 g/mol. The van der Waals surface area contributed by atoms with Gasteiger partial charge in [0.25, 0.3) is 0 Å². The predicted octanol–water partition coefficient (Wildman–Crippen LogP) is 11.4. The molecular formula is C41H28O. The second-order valence-electron chi connectivity index (χ2n) is 12.1. The zero-order chi connectivity index (χ0) is 28.0. The molecule has 1 nitrogen and oxygen atoms in total. The normalized spacial score (nSPS) is 13.9. The van der Waals surface area contributed by atoms with Crippen molar-refractivity contribution < 1.29 is 4.74 Å². The Bertz CT molecular complexity index is 2240. The van der Waals surface area contributed by atoms with E-state index in [0.29, 0.717) is 0 Å². The van der Waals surface area contributed by atoms with Crippen molar-refractivity contribution in [2.45, 2.75) is 19.3 Å². The first-order valence-electron chi connectivity index (χ1n) is 14.7. The van der Waals surface area contributed by atoms with Crippen LogP contribution in [0.3, 0.4) is 0 Å². The molecular weight excluding hydrogens is 508 g/mol. The van der Waals surface area contributed by atoms with Gasteiger partial charge in [0.1, 0.15) is 11.5 Å². The van der Waals surface area contributed by atoms with Crippen molar-refractivity contribution in [2.75, 3.05) is 0 Å².